The lowest BCUT2D eigenvalue weighted by Crippen LogP contribution is -2.51. The van der Waals surface area contributed by atoms with Crippen molar-refractivity contribution in [2.45, 2.75) is 31.8 Å². The van der Waals surface area contributed by atoms with Crippen LogP contribution in [0, 0.1) is 5.41 Å². The van der Waals surface area contributed by atoms with E-state index in [1.165, 1.54) is 0 Å². The summed E-state index contributed by atoms with van der Waals surface area (Å²) < 4.78 is 1.83. The normalized spacial score (nSPS) is 25.7. The van der Waals surface area contributed by atoms with Crippen LogP contribution in [0.25, 0.3) is 0 Å². The standard InChI is InChI=1S/C17H22N6O/c1-21(15-2-4-18-12-20-15)14-8-17(9-14)3-6-23(11-17)16(24)10-22-7-5-19-13-22/h2,4-5,7,12-14H,3,6,8-11H2,1H3. The molecule has 1 aliphatic carbocycles. The van der Waals surface area contributed by atoms with E-state index >= 15 is 0 Å². The van der Waals surface area contributed by atoms with E-state index in [0.29, 0.717) is 18.0 Å². The van der Waals surface area contributed by atoms with Gasteiger partial charge in [0.1, 0.15) is 18.7 Å². The Morgan fingerprint density at radius 1 is 1.38 bits per heavy atom. The van der Waals surface area contributed by atoms with E-state index in [1.807, 2.05) is 21.7 Å². The van der Waals surface area contributed by atoms with Crippen LogP contribution >= 0.6 is 0 Å². The molecule has 0 radical (unpaired) electrons. The number of rotatable bonds is 4. The van der Waals surface area contributed by atoms with Crippen molar-refractivity contribution in [1.29, 1.82) is 0 Å². The van der Waals surface area contributed by atoms with Crippen LogP contribution in [0.15, 0.2) is 37.3 Å². The summed E-state index contributed by atoms with van der Waals surface area (Å²) in [6.07, 6.45) is 12.0. The quantitative estimate of drug-likeness (QED) is 0.844. The van der Waals surface area contributed by atoms with E-state index in [-0.39, 0.29) is 5.91 Å². The average Bonchev–Trinajstić information content (AvgIpc) is 3.23. The van der Waals surface area contributed by atoms with Gasteiger partial charge in [-0.3, -0.25) is 4.79 Å². The zero-order chi connectivity index (χ0) is 16.6. The Hall–Kier alpha value is -2.44. The van der Waals surface area contributed by atoms with Gasteiger partial charge in [0.15, 0.2) is 0 Å². The second kappa shape index (κ2) is 5.89. The number of carbonyl (C=O) groups excluding carboxylic acids is 1. The topological polar surface area (TPSA) is 67.2 Å². The van der Waals surface area contributed by atoms with Gasteiger partial charge in [0.05, 0.1) is 6.33 Å². The fourth-order valence-corrected chi connectivity index (χ4v) is 4.01. The highest BCUT2D eigenvalue weighted by Gasteiger charge is 2.50. The van der Waals surface area contributed by atoms with E-state index < -0.39 is 0 Å². The molecule has 24 heavy (non-hydrogen) atoms. The van der Waals surface area contributed by atoms with E-state index in [4.69, 9.17) is 0 Å². The molecule has 0 atom stereocenters. The first-order valence-electron chi connectivity index (χ1n) is 8.38. The summed E-state index contributed by atoms with van der Waals surface area (Å²) in [6, 6.07) is 2.45. The lowest BCUT2D eigenvalue weighted by atomic mass is 9.64. The van der Waals surface area contributed by atoms with E-state index in [9.17, 15) is 4.79 Å². The van der Waals surface area contributed by atoms with Gasteiger partial charge in [-0.1, -0.05) is 0 Å². The summed E-state index contributed by atoms with van der Waals surface area (Å²) in [5.41, 5.74) is 0.302. The molecule has 7 heteroatoms. The van der Waals surface area contributed by atoms with Crippen molar-refractivity contribution < 1.29 is 4.79 Å². The van der Waals surface area contributed by atoms with Crippen molar-refractivity contribution in [2.75, 3.05) is 25.0 Å². The molecule has 126 valence electrons. The first-order valence-corrected chi connectivity index (χ1v) is 8.38. The summed E-state index contributed by atoms with van der Waals surface area (Å²) in [4.78, 5) is 29.0. The number of anilines is 1. The molecule has 2 aromatic rings. The van der Waals surface area contributed by atoms with E-state index in [0.717, 1.165) is 38.2 Å². The van der Waals surface area contributed by atoms with Gasteiger partial charge < -0.3 is 14.4 Å². The lowest BCUT2D eigenvalue weighted by Gasteiger charge is -2.49. The van der Waals surface area contributed by atoms with Gasteiger partial charge in [-0.2, -0.15) is 0 Å². The molecule has 2 aliphatic rings. The van der Waals surface area contributed by atoms with Crippen LogP contribution in [-0.4, -0.2) is 56.5 Å². The molecule has 1 spiro atoms. The van der Waals surface area contributed by atoms with Crippen LogP contribution in [-0.2, 0) is 11.3 Å². The summed E-state index contributed by atoms with van der Waals surface area (Å²) in [5, 5.41) is 0. The molecule has 4 rings (SSSR count). The van der Waals surface area contributed by atoms with Gasteiger partial charge in [0.2, 0.25) is 5.91 Å². The number of hydrogen-bond donors (Lipinski definition) is 0. The summed E-state index contributed by atoms with van der Waals surface area (Å²) >= 11 is 0. The third kappa shape index (κ3) is 2.74. The third-order valence-electron chi connectivity index (χ3n) is 5.48. The van der Waals surface area contributed by atoms with Gasteiger partial charge in [-0.25, -0.2) is 15.0 Å². The van der Waals surface area contributed by atoms with Crippen LogP contribution in [0.4, 0.5) is 5.82 Å². The molecule has 1 aliphatic heterocycles. The predicted octanol–water partition coefficient (Wildman–Crippen LogP) is 1.19. The molecular formula is C17H22N6O. The first kappa shape index (κ1) is 15.1. The maximum absolute atomic E-state index is 12.4. The average molecular weight is 326 g/mol. The highest BCUT2D eigenvalue weighted by Crippen LogP contribution is 2.50. The minimum absolute atomic E-state index is 0.192. The van der Waals surface area contributed by atoms with Crippen LogP contribution in [0.5, 0.6) is 0 Å². The number of aromatic nitrogens is 4. The largest absolute Gasteiger partial charge is 0.357 e. The molecule has 0 aromatic carbocycles. The summed E-state index contributed by atoms with van der Waals surface area (Å²) in [6.45, 7) is 2.15. The molecule has 0 N–H and O–H groups in total. The number of imidazole rings is 1. The number of amides is 1. The first-order chi connectivity index (χ1) is 11.7. The Balaban J connectivity index is 1.32. The van der Waals surface area contributed by atoms with Crippen LogP contribution in [0.2, 0.25) is 0 Å². The molecule has 0 bridgehead atoms. The zero-order valence-electron chi connectivity index (χ0n) is 13.9. The highest BCUT2D eigenvalue weighted by molar-refractivity contribution is 5.76. The molecule has 1 saturated heterocycles. The van der Waals surface area contributed by atoms with Gasteiger partial charge in [-0.05, 0) is 30.7 Å². The lowest BCUT2D eigenvalue weighted by molar-refractivity contribution is -0.131. The van der Waals surface area contributed by atoms with Crippen LogP contribution in [0.3, 0.4) is 0 Å². The molecule has 3 heterocycles. The van der Waals surface area contributed by atoms with Crippen molar-refractivity contribution >= 4 is 11.7 Å². The molecule has 0 unspecified atom stereocenters. The van der Waals surface area contributed by atoms with E-state index in [1.54, 1.807) is 25.0 Å². The molecule has 2 aromatic heterocycles. The minimum atomic E-state index is 0.192. The number of nitrogens with zero attached hydrogens (tertiary/aromatic N) is 6. The van der Waals surface area contributed by atoms with Crippen molar-refractivity contribution in [1.82, 2.24) is 24.4 Å². The van der Waals surface area contributed by atoms with Gasteiger partial charge >= 0.3 is 0 Å². The van der Waals surface area contributed by atoms with Crippen molar-refractivity contribution in [3.63, 3.8) is 0 Å². The van der Waals surface area contributed by atoms with Gasteiger partial charge in [0, 0.05) is 44.8 Å². The summed E-state index contributed by atoms with van der Waals surface area (Å²) in [7, 11) is 2.09. The monoisotopic (exact) mass is 326 g/mol. The maximum Gasteiger partial charge on any atom is 0.242 e. The number of hydrogen-bond acceptors (Lipinski definition) is 5. The second-order valence-corrected chi connectivity index (χ2v) is 7.04. The SMILES string of the molecule is CN(c1ccncn1)C1CC2(CCN(C(=O)Cn3ccnc3)C2)C1. The number of carbonyl (C=O) groups is 1. The van der Waals surface area contributed by atoms with Gasteiger partial charge in [-0.15, -0.1) is 0 Å². The fourth-order valence-electron chi connectivity index (χ4n) is 4.01. The second-order valence-electron chi connectivity index (χ2n) is 7.04. The predicted molar refractivity (Wildman–Crippen MR) is 89.3 cm³/mol. The van der Waals surface area contributed by atoms with Gasteiger partial charge in [0.25, 0.3) is 0 Å². The van der Waals surface area contributed by atoms with Crippen molar-refractivity contribution in [3.05, 3.63) is 37.3 Å². The Morgan fingerprint density at radius 2 is 2.25 bits per heavy atom. The third-order valence-corrected chi connectivity index (χ3v) is 5.48. The van der Waals surface area contributed by atoms with Crippen molar-refractivity contribution in [2.24, 2.45) is 5.41 Å². The Kier molecular flexibility index (Phi) is 3.70. The maximum atomic E-state index is 12.4. The highest BCUT2D eigenvalue weighted by atomic mass is 16.2. The summed E-state index contributed by atoms with van der Waals surface area (Å²) in [5.74, 6) is 1.16. The molecule has 7 nitrogen and oxygen atoms in total. The smallest absolute Gasteiger partial charge is 0.242 e. The minimum Gasteiger partial charge on any atom is -0.357 e. The Bertz CT molecular complexity index is 695. The molecule has 2 fully saturated rings. The molecule has 1 amide bonds. The zero-order valence-corrected chi connectivity index (χ0v) is 13.9. The fraction of sp³-hybridized carbons (Fsp3) is 0.529. The number of likely N-dealkylation sites (tertiary alicyclic amines) is 1. The molecule has 1 saturated carbocycles. The van der Waals surface area contributed by atoms with Crippen LogP contribution in [0.1, 0.15) is 19.3 Å². The van der Waals surface area contributed by atoms with Crippen molar-refractivity contribution in [3.8, 4) is 0 Å². The molecular weight excluding hydrogens is 304 g/mol. The van der Waals surface area contributed by atoms with E-state index in [2.05, 4.69) is 26.9 Å². The Morgan fingerprint density at radius 3 is 2.96 bits per heavy atom. The van der Waals surface area contributed by atoms with Crippen LogP contribution < -0.4 is 4.90 Å². The Labute approximate surface area is 141 Å².